The van der Waals surface area contributed by atoms with Gasteiger partial charge in [-0.2, -0.15) is 0 Å². The van der Waals surface area contributed by atoms with E-state index in [1.165, 1.54) is 36.5 Å². The summed E-state index contributed by atoms with van der Waals surface area (Å²) in [5.41, 5.74) is 0.164. The fraction of sp³-hybridized carbons (Fsp3) is 0.130. The maximum Gasteiger partial charge on any atom is 0.296 e. The minimum Gasteiger partial charge on any atom is -0.507 e. The Morgan fingerprint density at radius 3 is 2.62 bits per heavy atom. The lowest BCUT2D eigenvalue weighted by molar-refractivity contribution is -0.384. The number of furan rings is 1. The molecule has 9 heteroatoms. The molecule has 32 heavy (non-hydrogen) atoms. The van der Waals surface area contributed by atoms with E-state index in [-0.39, 0.29) is 23.4 Å². The van der Waals surface area contributed by atoms with E-state index in [4.69, 9.17) is 9.15 Å². The van der Waals surface area contributed by atoms with Crippen molar-refractivity contribution in [1.29, 1.82) is 0 Å². The fourth-order valence-corrected chi connectivity index (χ4v) is 3.69. The predicted octanol–water partition coefficient (Wildman–Crippen LogP) is 3.82. The van der Waals surface area contributed by atoms with Gasteiger partial charge < -0.3 is 19.2 Å². The Bertz CT molecular complexity index is 1230. The molecule has 0 bridgehead atoms. The number of methoxy groups -OCH3 is 1. The zero-order valence-electron chi connectivity index (χ0n) is 16.9. The van der Waals surface area contributed by atoms with E-state index in [0.29, 0.717) is 17.1 Å². The second-order valence-corrected chi connectivity index (χ2v) is 7.09. The number of carbonyl (C=O) groups excluding carboxylic acids is 2. The van der Waals surface area contributed by atoms with Crippen molar-refractivity contribution in [2.45, 2.75) is 12.6 Å². The first-order chi connectivity index (χ1) is 15.4. The summed E-state index contributed by atoms with van der Waals surface area (Å²) < 4.78 is 10.6. The Labute approximate surface area is 182 Å². The van der Waals surface area contributed by atoms with Crippen LogP contribution in [-0.4, -0.2) is 33.7 Å². The fourth-order valence-electron chi connectivity index (χ4n) is 3.69. The molecule has 1 atom stereocenters. The lowest BCUT2D eigenvalue weighted by atomic mass is 9.95. The van der Waals surface area contributed by atoms with Crippen molar-refractivity contribution in [2.24, 2.45) is 0 Å². The normalized spacial score (nSPS) is 17.5. The van der Waals surface area contributed by atoms with Gasteiger partial charge in [0, 0.05) is 17.7 Å². The number of hydrogen-bond acceptors (Lipinski definition) is 7. The number of aliphatic hydroxyl groups excluding tert-OH is 1. The van der Waals surface area contributed by atoms with Crippen LogP contribution in [0.1, 0.15) is 22.9 Å². The van der Waals surface area contributed by atoms with Crippen LogP contribution in [0, 0.1) is 10.1 Å². The van der Waals surface area contributed by atoms with E-state index < -0.39 is 28.4 Å². The first-order valence-electron chi connectivity index (χ1n) is 9.60. The molecule has 1 amide bonds. The molecule has 1 aliphatic rings. The van der Waals surface area contributed by atoms with Gasteiger partial charge in [0.2, 0.25) is 0 Å². The minimum absolute atomic E-state index is 0.00876. The molecule has 2 aromatic carbocycles. The molecule has 0 saturated carbocycles. The zero-order valence-corrected chi connectivity index (χ0v) is 16.9. The van der Waals surface area contributed by atoms with Crippen molar-refractivity contribution in [3.8, 4) is 5.75 Å². The Balaban J connectivity index is 1.89. The van der Waals surface area contributed by atoms with E-state index in [1.807, 2.05) is 0 Å². The van der Waals surface area contributed by atoms with Crippen molar-refractivity contribution in [2.75, 3.05) is 7.11 Å². The van der Waals surface area contributed by atoms with E-state index >= 15 is 0 Å². The third kappa shape index (κ3) is 3.71. The summed E-state index contributed by atoms with van der Waals surface area (Å²) in [6.45, 7) is -0.00876. The van der Waals surface area contributed by atoms with Gasteiger partial charge in [0.25, 0.3) is 17.4 Å². The Morgan fingerprint density at radius 1 is 1.16 bits per heavy atom. The van der Waals surface area contributed by atoms with E-state index in [0.717, 1.165) is 6.07 Å². The number of aliphatic hydroxyl groups is 1. The molecule has 1 saturated heterocycles. The minimum atomic E-state index is -0.950. The standard InChI is InChI=1S/C23H18N2O7/c1-31-17-8-3-5-14(12-17)20-19(21(26)15-6-2-7-16(11-15)25(29)30)22(27)23(28)24(20)13-18-9-4-10-32-18/h2-12,20,26H,13H2,1H3/t20-/m1/s1. The van der Waals surface area contributed by atoms with Crippen LogP contribution in [0.4, 0.5) is 5.69 Å². The molecule has 4 rings (SSSR count). The van der Waals surface area contributed by atoms with Crippen molar-refractivity contribution in [3.63, 3.8) is 0 Å². The van der Waals surface area contributed by atoms with Crippen LogP contribution in [0.5, 0.6) is 5.75 Å². The second-order valence-electron chi connectivity index (χ2n) is 7.09. The highest BCUT2D eigenvalue weighted by molar-refractivity contribution is 6.46. The van der Waals surface area contributed by atoms with Crippen molar-refractivity contribution >= 4 is 23.1 Å². The van der Waals surface area contributed by atoms with E-state index in [2.05, 4.69) is 0 Å². The average molecular weight is 434 g/mol. The summed E-state index contributed by atoms with van der Waals surface area (Å²) in [5.74, 6) is -1.26. The summed E-state index contributed by atoms with van der Waals surface area (Å²) in [6, 6.07) is 14.4. The maximum absolute atomic E-state index is 13.0. The molecule has 2 heterocycles. The highest BCUT2D eigenvalue weighted by Crippen LogP contribution is 2.41. The number of rotatable bonds is 6. The van der Waals surface area contributed by atoms with Crippen LogP contribution in [0.2, 0.25) is 0 Å². The number of hydrogen-bond donors (Lipinski definition) is 1. The number of ketones is 1. The average Bonchev–Trinajstić information content (AvgIpc) is 3.41. The van der Waals surface area contributed by atoms with Crippen molar-refractivity contribution in [1.82, 2.24) is 4.90 Å². The first-order valence-corrected chi connectivity index (χ1v) is 9.60. The van der Waals surface area contributed by atoms with Crippen LogP contribution in [0.3, 0.4) is 0 Å². The van der Waals surface area contributed by atoms with Gasteiger partial charge in [-0.25, -0.2) is 0 Å². The first kappa shape index (κ1) is 20.9. The van der Waals surface area contributed by atoms with Gasteiger partial charge in [-0.1, -0.05) is 24.3 Å². The zero-order chi connectivity index (χ0) is 22.8. The molecule has 1 aliphatic heterocycles. The molecule has 0 spiro atoms. The highest BCUT2D eigenvalue weighted by Gasteiger charge is 2.46. The second kappa shape index (κ2) is 8.38. The number of benzene rings is 2. The summed E-state index contributed by atoms with van der Waals surface area (Å²) in [6.07, 6.45) is 1.45. The van der Waals surface area contributed by atoms with E-state index in [1.54, 1.807) is 36.4 Å². The molecule has 162 valence electrons. The summed E-state index contributed by atoms with van der Waals surface area (Å²) in [5, 5.41) is 22.2. The Hall–Kier alpha value is -4.40. The number of Topliss-reactive ketones (excluding diaryl/α,β-unsaturated/α-hetero) is 1. The molecule has 0 unspecified atom stereocenters. The Kier molecular flexibility index (Phi) is 5.46. The molecular formula is C23H18N2O7. The van der Waals surface area contributed by atoms with Gasteiger partial charge in [0.15, 0.2) is 0 Å². The predicted molar refractivity (Wildman–Crippen MR) is 113 cm³/mol. The van der Waals surface area contributed by atoms with Crippen molar-refractivity contribution in [3.05, 3.63) is 99.5 Å². The summed E-state index contributed by atoms with van der Waals surface area (Å²) >= 11 is 0. The smallest absolute Gasteiger partial charge is 0.296 e. The van der Waals surface area contributed by atoms with Gasteiger partial charge >= 0.3 is 0 Å². The van der Waals surface area contributed by atoms with Gasteiger partial charge in [0.05, 0.1) is 36.5 Å². The molecule has 1 fully saturated rings. The number of nitro benzene ring substituents is 1. The van der Waals surface area contributed by atoms with E-state index in [9.17, 15) is 24.8 Å². The van der Waals surface area contributed by atoms with Crippen LogP contribution in [0.15, 0.2) is 76.9 Å². The van der Waals surface area contributed by atoms with Gasteiger partial charge in [-0.05, 0) is 29.8 Å². The number of nitrogens with zero attached hydrogens (tertiary/aromatic N) is 2. The summed E-state index contributed by atoms with van der Waals surface area (Å²) in [4.78, 5) is 37.8. The highest BCUT2D eigenvalue weighted by atomic mass is 16.6. The van der Waals surface area contributed by atoms with Gasteiger partial charge in [-0.15, -0.1) is 0 Å². The number of nitro groups is 1. The number of ether oxygens (including phenoxy) is 1. The quantitative estimate of drug-likeness (QED) is 0.206. The third-order valence-corrected chi connectivity index (χ3v) is 5.19. The largest absolute Gasteiger partial charge is 0.507 e. The lowest BCUT2D eigenvalue weighted by Gasteiger charge is -2.24. The van der Waals surface area contributed by atoms with Gasteiger partial charge in [-0.3, -0.25) is 19.7 Å². The number of likely N-dealkylation sites (tertiary alicyclic amines) is 1. The topological polar surface area (TPSA) is 123 Å². The number of amides is 1. The lowest BCUT2D eigenvalue weighted by Crippen LogP contribution is -2.29. The maximum atomic E-state index is 13.0. The monoisotopic (exact) mass is 434 g/mol. The Morgan fingerprint density at radius 2 is 1.94 bits per heavy atom. The van der Waals surface area contributed by atoms with Crippen LogP contribution in [-0.2, 0) is 16.1 Å². The molecule has 1 N–H and O–H groups in total. The van der Waals surface area contributed by atoms with Crippen LogP contribution < -0.4 is 4.74 Å². The number of non-ortho nitro benzene ring substituents is 1. The molecule has 3 aromatic rings. The molecule has 0 aliphatic carbocycles. The van der Waals surface area contributed by atoms with Crippen molar-refractivity contribution < 1.29 is 28.8 Å². The SMILES string of the molecule is COc1cccc([C@@H]2C(=C(O)c3cccc([N+](=O)[O-])c3)C(=O)C(=O)N2Cc2ccco2)c1. The van der Waals surface area contributed by atoms with Crippen LogP contribution in [0.25, 0.3) is 5.76 Å². The molecule has 9 nitrogen and oxygen atoms in total. The number of carbonyl (C=O) groups is 2. The third-order valence-electron chi connectivity index (χ3n) is 5.19. The molecular weight excluding hydrogens is 416 g/mol. The molecule has 1 aromatic heterocycles. The summed E-state index contributed by atoms with van der Waals surface area (Å²) in [7, 11) is 1.49. The van der Waals surface area contributed by atoms with Gasteiger partial charge in [0.1, 0.15) is 17.3 Å². The van der Waals surface area contributed by atoms with Crippen LogP contribution >= 0.6 is 0 Å². The molecule has 0 radical (unpaired) electrons.